The van der Waals surface area contributed by atoms with Crippen molar-refractivity contribution in [1.82, 2.24) is 0 Å². The van der Waals surface area contributed by atoms with E-state index in [-0.39, 0.29) is 5.69 Å². The fraction of sp³-hybridized carbons (Fsp3) is 0. The van der Waals surface area contributed by atoms with Gasteiger partial charge in [-0.25, -0.2) is 0 Å². The summed E-state index contributed by atoms with van der Waals surface area (Å²) in [5.41, 5.74) is 3.77. The van der Waals surface area contributed by atoms with Gasteiger partial charge < -0.3 is 0 Å². The Labute approximate surface area is 114 Å². The molecule has 0 unspecified atom stereocenters. The molecule has 5 nitrogen and oxygen atoms in total. The Kier molecular flexibility index (Phi) is 4.10. The molecule has 0 fully saturated rings. The van der Waals surface area contributed by atoms with Gasteiger partial charge in [0.2, 0.25) is 0 Å². The number of hydrazone groups is 1. The number of hydrogen-bond acceptors (Lipinski definition) is 4. The Balaban J connectivity index is 2.13. The molecule has 19 heavy (non-hydrogen) atoms. The van der Waals surface area contributed by atoms with Gasteiger partial charge in [-0.2, -0.15) is 5.10 Å². The largest absolute Gasteiger partial charge is 0.294 e. The van der Waals surface area contributed by atoms with E-state index >= 15 is 0 Å². The predicted octanol–water partition coefficient (Wildman–Crippen LogP) is 3.69. The average molecular weight is 276 g/mol. The Morgan fingerprint density at radius 3 is 2.74 bits per heavy atom. The van der Waals surface area contributed by atoms with Crippen LogP contribution in [0, 0.1) is 10.1 Å². The maximum absolute atomic E-state index is 10.8. The number of benzene rings is 2. The van der Waals surface area contributed by atoms with E-state index < -0.39 is 4.92 Å². The van der Waals surface area contributed by atoms with Crippen LogP contribution in [-0.2, 0) is 0 Å². The molecule has 0 amide bonds. The lowest BCUT2D eigenvalue weighted by Gasteiger charge is -2.01. The van der Waals surface area contributed by atoms with Crippen LogP contribution in [0.2, 0.25) is 5.02 Å². The second-order valence-electron chi connectivity index (χ2n) is 3.70. The average Bonchev–Trinajstić information content (AvgIpc) is 2.39. The minimum Gasteiger partial charge on any atom is -0.272 e. The summed E-state index contributed by atoms with van der Waals surface area (Å²) < 4.78 is 0. The first-order chi connectivity index (χ1) is 9.16. The maximum Gasteiger partial charge on any atom is 0.294 e. The highest BCUT2D eigenvalue weighted by molar-refractivity contribution is 6.30. The number of nitro benzene ring substituents is 1. The van der Waals surface area contributed by atoms with Crippen LogP contribution in [0.5, 0.6) is 0 Å². The Morgan fingerprint density at radius 2 is 2.00 bits per heavy atom. The topological polar surface area (TPSA) is 67.5 Å². The highest BCUT2D eigenvalue weighted by Crippen LogP contribution is 2.22. The van der Waals surface area contributed by atoms with E-state index in [1.54, 1.807) is 42.6 Å². The SMILES string of the molecule is O=[N+]([O-])c1ccccc1NN=Cc1cccc(Cl)c1. The summed E-state index contributed by atoms with van der Waals surface area (Å²) in [5, 5.41) is 15.4. The number of nitrogens with zero attached hydrogens (tertiary/aromatic N) is 2. The van der Waals surface area contributed by atoms with Crippen LogP contribution < -0.4 is 5.43 Å². The number of halogens is 1. The van der Waals surface area contributed by atoms with E-state index in [0.29, 0.717) is 10.7 Å². The van der Waals surface area contributed by atoms with Crippen molar-refractivity contribution < 1.29 is 4.92 Å². The molecule has 96 valence electrons. The van der Waals surface area contributed by atoms with Crippen molar-refractivity contribution in [3.05, 3.63) is 69.2 Å². The minimum absolute atomic E-state index is 0.0225. The normalized spacial score (nSPS) is 10.6. The number of rotatable bonds is 4. The lowest BCUT2D eigenvalue weighted by molar-refractivity contribution is -0.384. The maximum atomic E-state index is 10.8. The lowest BCUT2D eigenvalue weighted by atomic mass is 10.2. The van der Waals surface area contributed by atoms with Gasteiger partial charge in [-0.15, -0.1) is 0 Å². The van der Waals surface area contributed by atoms with Crippen LogP contribution in [0.1, 0.15) is 5.56 Å². The molecule has 0 saturated carbocycles. The number of anilines is 1. The van der Waals surface area contributed by atoms with Gasteiger partial charge >= 0.3 is 0 Å². The van der Waals surface area contributed by atoms with Crippen LogP contribution in [0.15, 0.2) is 53.6 Å². The van der Waals surface area contributed by atoms with Gasteiger partial charge in [-0.05, 0) is 23.8 Å². The van der Waals surface area contributed by atoms with Gasteiger partial charge in [0.25, 0.3) is 5.69 Å². The van der Waals surface area contributed by atoms with Crippen molar-refractivity contribution in [1.29, 1.82) is 0 Å². The summed E-state index contributed by atoms with van der Waals surface area (Å²) >= 11 is 5.84. The summed E-state index contributed by atoms with van der Waals surface area (Å²) in [4.78, 5) is 10.3. The van der Waals surface area contributed by atoms with E-state index in [9.17, 15) is 10.1 Å². The molecule has 0 spiro atoms. The predicted molar refractivity (Wildman–Crippen MR) is 75.8 cm³/mol. The molecule has 0 aliphatic heterocycles. The Morgan fingerprint density at radius 1 is 1.21 bits per heavy atom. The van der Waals surface area contributed by atoms with E-state index in [1.165, 1.54) is 6.07 Å². The van der Waals surface area contributed by atoms with Gasteiger partial charge in [-0.1, -0.05) is 35.9 Å². The third-order valence-corrected chi connectivity index (χ3v) is 2.58. The fourth-order valence-corrected chi connectivity index (χ4v) is 1.69. The molecule has 0 aliphatic rings. The molecule has 0 aromatic heterocycles. The minimum atomic E-state index is -0.461. The van der Waals surface area contributed by atoms with Crippen molar-refractivity contribution >= 4 is 29.2 Å². The standard InChI is InChI=1S/C13H10ClN3O2/c14-11-5-3-4-10(8-11)9-15-16-12-6-1-2-7-13(12)17(18)19/h1-9,16H. The first-order valence-electron chi connectivity index (χ1n) is 5.45. The zero-order valence-electron chi connectivity index (χ0n) is 9.79. The van der Waals surface area contributed by atoms with Crippen LogP contribution in [0.3, 0.4) is 0 Å². The van der Waals surface area contributed by atoms with Gasteiger partial charge in [0, 0.05) is 11.1 Å². The number of nitrogens with one attached hydrogen (secondary N) is 1. The van der Waals surface area contributed by atoms with E-state index in [1.807, 2.05) is 6.07 Å². The Hall–Kier alpha value is -2.40. The molecule has 0 aliphatic carbocycles. The van der Waals surface area contributed by atoms with Crippen LogP contribution in [-0.4, -0.2) is 11.1 Å². The zero-order chi connectivity index (χ0) is 13.7. The molecule has 2 aromatic rings. The lowest BCUT2D eigenvalue weighted by Crippen LogP contribution is -1.96. The molecule has 2 rings (SSSR count). The second kappa shape index (κ2) is 5.97. The first-order valence-corrected chi connectivity index (χ1v) is 5.82. The molecule has 0 radical (unpaired) electrons. The molecule has 2 aromatic carbocycles. The van der Waals surface area contributed by atoms with Crippen molar-refractivity contribution in [3.8, 4) is 0 Å². The molecular formula is C13H10ClN3O2. The highest BCUT2D eigenvalue weighted by Gasteiger charge is 2.10. The smallest absolute Gasteiger partial charge is 0.272 e. The van der Waals surface area contributed by atoms with Crippen molar-refractivity contribution in [2.45, 2.75) is 0 Å². The molecule has 1 N–H and O–H groups in total. The van der Waals surface area contributed by atoms with Crippen molar-refractivity contribution in [2.24, 2.45) is 5.10 Å². The molecule has 0 saturated heterocycles. The number of hydrogen-bond donors (Lipinski definition) is 1. The van der Waals surface area contributed by atoms with Crippen molar-refractivity contribution in [2.75, 3.05) is 5.43 Å². The van der Waals surface area contributed by atoms with E-state index in [4.69, 9.17) is 11.6 Å². The third kappa shape index (κ3) is 3.53. The number of para-hydroxylation sites is 2. The molecule has 0 heterocycles. The molecular weight excluding hydrogens is 266 g/mol. The van der Waals surface area contributed by atoms with Gasteiger partial charge in [0.15, 0.2) is 0 Å². The highest BCUT2D eigenvalue weighted by atomic mass is 35.5. The summed E-state index contributed by atoms with van der Waals surface area (Å²) in [6.07, 6.45) is 1.54. The van der Waals surface area contributed by atoms with Gasteiger partial charge in [0.1, 0.15) is 5.69 Å². The zero-order valence-corrected chi connectivity index (χ0v) is 10.5. The summed E-state index contributed by atoms with van der Waals surface area (Å²) in [6, 6.07) is 13.4. The Bertz CT molecular complexity index is 629. The van der Waals surface area contributed by atoms with Crippen LogP contribution in [0.25, 0.3) is 0 Å². The fourth-order valence-electron chi connectivity index (χ4n) is 1.49. The number of nitro groups is 1. The summed E-state index contributed by atoms with van der Waals surface area (Å²) in [6.45, 7) is 0. The van der Waals surface area contributed by atoms with Crippen LogP contribution >= 0.6 is 11.6 Å². The summed E-state index contributed by atoms with van der Waals surface area (Å²) in [7, 11) is 0. The van der Waals surface area contributed by atoms with E-state index in [2.05, 4.69) is 10.5 Å². The van der Waals surface area contributed by atoms with Gasteiger partial charge in [0.05, 0.1) is 11.1 Å². The quantitative estimate of drug-likeness (QED) is 0.525. The van der Waals surface area contributed by atoms with E-state index in [0.717, 1.165) is 5.56 Å². The monoisotopic (exact) mass is 275 g/mol. The van der Waals surface area contributed by atoms with Crippen LogP contribution in [0.4, 0.5) is 11.4 Å². The molecule has 0 atom stereocenters. The summed E-state index contributed by atoms with van der Waals surface area (Å²) in [5.74, 6) is 0. The van der Waals surface area contributed by atoms with Crippen molar-refractivity contribution in [3.63, 3.8) is 0 Å². The van der Waals surface area contributed by atoms with Gasteiger partial charge in [-0.3, -0.25) is 15.5 Å². The second-order valence-corrected chi connectivity index (χ2v) is 4.14. The third-order valence-electron chi connectivity index (χ3n) is 2.35. The first kappa shape index (κ1) is 13.0. The molecule has 0 bridgehead atoms. The molecule has 6 heteroatoms.